The summed E-state index contributed by atoms with van der Waals surface area (Å²) in [5.41, 5.74) is 6.68. The van der Waals surface area contributed by atoms with E-state index in [4.69, 9.17) is 22.1 Å². The van der Waals surface area contributed by atoms with Crippen molar-refractivity contribution in [2.45, 2.75) is 29.7 Å². The molecule has 206 valence electrons. The molecule has 2 aliphatic heterocycles. The number of fused-ring (bicyclic) bond motifs is 2. The van der Waals surface area contributed by atoms with Crippen LogP contribution in [-0.2, 0) is 25.7 Å². The number of carbonyl (C=O) groups is 5. The Morgan fingerprint density at radius 2 is 1.70 bits per heavy atom. The number of esters is 1. The SMILES string of the molecule is CCOC(=O)c1ccc(NC(=O)Cn2c3c(sc2=O)[C@@H](c2ccc(Cl)cc2)[C@H]2C(=O)N(C(N)=O)C(=O)[C@H]2S3)cc1. The van der Waals surface area contributed by atoms with Crippen LogP contribution >= 0.6 is 34.7 Å². The smallest absolute Gasteiger partial charge is 0.338 e. The average molecular weight is 601 g/mol. The van der Waals surface area contributed by atoms with E-state index in [1.165, 1.54) is 28.8 Å². The summed E-state index contributed by atoms with van der Waals surface area (Å²) >= 11 is 7.89. The standard InChI is InChI=1S/C26H21ClN4O7S2/c1-2-38-24(35)13-5-9-15(10-6-13)29-16(32)11-30-23-20(40-26(30)37)17(12-3-7-14(27)8-4-12)18-19(39-23)22(34)31(21(18)33)25(28)36/h3-10,17-19H,2,11H2,1H3,(H2,28,36)(H,29,32)/t17-,18+,19-/m0/s1. The van der Waals surface area contributed by atoms with E-state index in [0.717, 1.165) is 23.1 Å². The highest BCUT2D eigenvalue weighted by molar-refractivity contribution is 8.00. The molecule has 1 aromatic heterocycles. The number of amides is 5. The van der Waals surface area contributed by atoms with Gasteiger partial charge in [-0.1, -0.05) is 46.8 Å². The summed E-state index contributed by atoms with van der Waals surface area (Å²) in [5, 5.41) is 2.48. The first-order valence-electron chi connectivity index (χ1n) is 12.0. The third kappa shape index (κ3) is 4.91. The molecule has 5 rings (SSSR count). The van der Waals surface area contributed by atoms with Gasteiger partial charge in [0.25, 0.3) is 5.91 Å². The van der Waals surface area contributed by atoms with Crippen molar-refractivity contribution in [1.29, 1.82) is 0 Å². The van der Waals surface area contributed by atoms with Gasteiger partial charge in [0.15, 0.2) is 0 Å². The van der Waals surface area contributed by atoms with Crippen LogP contribution in [0.4, 0.5) is 10.5 Å². The number of carbonyl (C=O) groups excluding carboxylic acids is 5. The number of imide groups is 3. The van der Waals surface area contributed by atoms with E-state index in [9.17, 15) is 28.8 Å². The van der Waals surface area contributed by atoms with E-state index in [0.29, 0.717) is 36.6 Å². The molecule has 11 nitrogen and oxygen atoms in total. The van der Waals surface area contributed by atoms with E-state index < -0.39 is 51.7 Å². The van der Waals surface area contributed by atoms with Crippen LogP contribution in [0.2, 0.25) is 5.02 Å². The Bertz CT molecular complexity index is 1600. The second-order valence-electron chi connectivity index (χ2n) is 8.91. The van der Waals surface area contributed by atoms with Crippen LogP contribution in [0, 0.1) is 5.92 Å². The molecular formula is C26H21ClN4O7S2. The third-order valence-electron chi connectivity index (χ3n) is 6.48. The van der Waals surface area contributed by atoms with E-state index in [-0.39, 0.29) is 13.2 Å². The van der Waals surface area contributed by atoms with Crippen LogP contribution in [-0.4, -0.2) is 51.0 Å². The molecular weight excluding hydrogens is 580 g/mol. The molecule has 3 N–H and O–H groups in total. The number of nitrogens with zero attached hydrogens (tertiary/aromatic N) is 2. The third-order valence-corrected chi connectivity index (χ3v) is 9.34. The van der Waals surface area contributed by atoms with Gasteiger partial charge in [-0.2, -0.15) is 4.90 Å². The molecule has 0 radical (unpaired) electrons. The first-order valence-corrected chi connectivity index (χ1v) is 14.1. The number of thiazole rings is 1. The zero-order valence-corrected chi connectivity index (χ0v) is 23.2. The number of hydrogen-bond donors (Lipinski definition) is 2. The summed E-state index contributed by atoms with van der Waals surface area (Å²) in [6, 6.07) is 11.5. The van der Waals surface area contributed by atoms with Crippen molar-refractivity contribution in [1.82, 2.24) is 9.47 Å². The summed E-state index contributed by atoms with van der Waals surface area (Å²) in [6.45, 7) is 1.56. The quantitative estimate of drug-likeness (QED) is 0.323. The lowest BCUT2D eigenvalue weighted by molar-refractivity contribution is -0.135. The summed E-state index contributed by atoms with van der Waals surface area (Å²) in [4.78, 5) is 76.7. The van der Waals surface area contributed by atoms with E-state index in [1.807, 2.05) is 0 Å². The maximum Gasteiger partial charge on any atom is 0.338 e. The fourth-order valence-electron chi connectivity index (χ4n) is 4.75. The summed E-state index contributed by atoms with van der Waals surface area (Å²) in [5.74, 6) is -4.23. The zero-order chi connectivity index (χ0) is 28.7. The highest BCUT2D eigenvalue weighted by Crippen LogP contribution is 2.53. The minimum atomic E-state index is -1.17. The van der Waals surface area contributed by atoms with Gasteiger partial charge in [0.05, 0.1) is 23.1 Å². The number of primary amides is 1. The molecule has 1 fully saturated rings. The van der Waals surface area contributed by atoms with Crippen molar-refractivity contribution >= 4 is 70.1 Å². The molecule has 0 bridgehead atoms. The number of anilines is 1. The number of thioether (sulfide) groups is 1. The molecule has 0 saturated carbocycles. The zero-order valence-electron chi connectivity index (χ0n) is 20.8. The molecule has 0 spiro atoms. The largest absolute Gasteiger partial charge is 0.462 e. The van der Waals surface area contributed by atoms with E-state index in [1.54, 1.807) is 31.2 Å². The fourth-order valence-corrected chi connectivity index (χ4v) is 7.65. The monoisotopic (exact) mass is 600 g/mol. The average Bonchev–Trinajstić information content (AvgIpc) is 3.36. The molecule has 14 heteroatoms. The Hall–Kier alpha value is -3.94. The number of likely N-dealkylation sites (tertiary alicyclic amines) is 1. The van der Waals surface area contributed by atoms with Gasteiger partial charge < -0.3 is 15.8 Å². The van der Waals surface area contributed by atoms with Crippen molar-refractivity contribution in [3.63, 3.8) is 0 Å². The van der Waals surface area contributed by atoms with Crippen LogP contribution < -0.4 is 15.9 Å². The van der Waals surface area contributed by atoms with Gasteiger partial charge in [0, 0.05) is 21.5 Å². The number of nitrogens with one attached hydrogen (secondary N) is 1. The molecule has 1 saturated heterocycles. The van der Waals surface area contributed by atoms with Crippen molar-refractivity contribution in [2.24, 2.45) is 11.7 Å². The highest BCUT2D eigenvalue weighted by atomic mass is 35.5. The van der Waals surface area contributed by atoms with Gasteiger partial charge >= 0.3 is 16.9 Å². The Kier molecular flexibility index (Phi) is 7.53. The molecule has 3 aromatic rings. The van der Waals surface area contributed by atoms with Crippen molar-refractivity contribution in [2.75, 3.05) is 11.9 Å². The lowest BCUT2D eigenvalue weighted by atomic mass is 9.83. The van der Waals surface area contributed by atoms with Gasteiger partial charge in [-0.05, 0) is 48.9 Å². The number of nitrogens with two attached hydrogens (primary N) is 1. The Morgan fingerprint density at radius 1 is 1.02 bits per heavy atom. The van der Waals surface area contributed by atoms with Gasteiger partial charge in [-0.3, -0.25) is 23.7 Å². The molecule has 2 aliphatic rings. The molecule has 2 aromatic carbocycles. The number of urea groups is 1. The number of rotatable bonds is 6. The second kappa shape index (κ2) is 10.9. The molecule has 5 amide bonds. The highest BCUT2D eigenvalue weighted by Gasteiger charge is 2.57. The molecule has 40 heavy (non-hydrogen) atoms. The van der Waals surface area contributed by atoms with Crippen molar-refractivity contribution < 1.29 is 28.7 Å². The van der Waals surface area contributed by atoms with E-state index >= 15 is 0 Å². The normalized spacial score (nSPS) is 19.6. The first kappa shape index (κ1) is 27.6. The Balaban J connectivity index is 1.47. The van der Waals surface area contributed by atoms with Crippen LogP contribution in [0.15, 0.2) is 58.4 Å². The minimum Gasteiger partial charge on any atom is -0.462 e. The molecule has 3 heterocycles. The number of ether oxygens (including phenoxy) is 1. The maximum atomic E-state index is 13.2. The van der Waals surface area contributed by atoms with Crippen LogP contribution in [0.5, 0.6) is 0 Å². The Labute approximate surface area is 240 Å². The Morgan fingerprint density at radius 3 is 2.33 bits per heavy atom. The summed E-state index contributed by atoms with van der Waals surface area (Å²) in [6.07, 6.45) is 0. The van der Waals surface area contributed by atoms with E-state index in [2.05, 4.69) is 5.32 Å². The van der Waals surface area contributed by atoms with Crippen LogP contribution in [0.3, 0.4) is 0 Å². The number of aromatic nitrogens is 1. The lowest BCUT2D eigenvalue weighted by Gasteiger charge is -2.30. The molecule has 0 aliphatic carbocycles. The molecule has 3 atom stereocenters. The van der Waals surface area contributed by atoms with Crippen molar-refractivity contribution in [3.05, 3.63) is 79.2 Å². The van der Waals surface area contributed by atoms with Crippen LogP contribution in [0.1, 0.15) is 33.6 Å². The van der Waals surface area contributed by atoms with Gasteiger partial charge in [-0.25, -0.2) is 9.59 Å². The topological polar surface area (TPSA) is 158 Å². The van der Waals surface area contributed by atoms with Crippen molar-refractivity contribution in [3.8, 4) is 0 Å². The minimum absolute atomic E-state index is 0.232. The summed E-state index contributed by atoms with van der Waals surface area (Å²) < 4.78 is 6.20. The number of halogens is 1. The van der Waals surface area contributed by atoms with Gasteiger partial charge in [0.1, 0.15) is 11.8 Å². The lowest BCUT2D eigenvalue weighted by Crippen LogP contribution is -2.41. The first-order chi connectivity index (χ1) is 19.1. The second-order valence-corrected chi connectivity index (χ2v) is 11.5. The molecule has 0 unspecified atom stereocenters. The number of hydrogen-bond acceptors (Lipinski definition) is 9. The fraction of sp³-hybridized carbons (Fsp3) is 0.231. The summed E-state index contributed by atoms with van der Waals surface area (Å²) in [7, 11) is 0. The van der Waals surface area contributed by atoms with Crippen LogP contribution in [0.25, 0.3) is 0 Å². The van der Waals surface area contributed by atoms with Gasteiger partial charge in [-0.15, -0.1) is 0 Å². The van der Waals surface area contributed by atoms with Gasteiger partial charge in [0.2, 0.25) is 11.8 Å². The predicted molar refractivity (Wildman–Crippen MR) is 147 cm³/mol. The maximum absolute atomic E-state index is 13.2. The predicted octanol–water partition coefficient (Wildman–Crippen LogP) is 3.05. The number of benzene rings is 2.